The van der Waals surface area contributed by atoms with Crippen LogP contribution in [0.3, 0.4) is 0 Å². The fourth-order valence-electron chi connectivity index (χ4n) is 3.29. The normalized spacial score (nSPS) is 24.0. The topological polar surface area (TPSA) is 95.9 Å². The Hall–Kier alpha value is -1.63. The lowest BCUT2D eigenvalue weighted by Crippen LogP contribution is -2.54. The zero-order valence-corrected chi connectivity index (χ0v) is 13.6. The highest BCUT2D eigenvalue weighted by molar-refractivity contribution is 5.88. The van der Waals surface area contributed by atoms with Crippen molar-refractivity contribution in [2.24, 2.45) is 5.92 Å². The van der Waals surface area contributed by atoms with Crippen LogP contribution in [-0.2, 0) is 19.1 Å². The molecule has 2 atom stereocenters. The number of morpholine rings is 1. The SMILES string of the molecule is CC(NC(=O)CC1CCCCC1)C(=O)N1CCOC(C(=O)O)C1. The molecule has 2 aliphatic rings. The van der Waals surface area contributed by atoms with Gasteiger partial charge in [0.25, 0.3) is 0 Å². The molecule has 0 radical (unpaired) electrons. The first kappa shape index (κ1) is 17.7. The fraction of sp³-hybridized carbons (Fsp3) is 0.812. The molecule has 0 spiro atoms. The van der Waals surface area contributed by atoms with E-state index in [1.54, 1.807) is 6.92 Å². The average molecular weight is 326 g/mol. The van der Waals surface area contributed by atoms with Gasteiger partial charge in [0.1, 0.15) is 6.04 Å². The van der Waals surface area contributed by atoms with Crippen LogP contribution in [0.2, 0.25) is 0 Å². The van der Waals surface area contributed by atoms with Crippen molar-refractivity contribution in [2.75, 3.05) is 19.7 Å². The van der Waals surface area contributed by atoms with E-state index in [-0.39, 0.29) is 25.0 Å². The predicted molar refractivity (Wildman–Crippen MR) is 82.8 cm³/mol. The third-order valence-corrected chi connectivity index (χ3v) is 4.60. The van der Waals surface area contributed by atoms with Crippen LogP contribution in [0.1, 0.15) is 45.4 Å². The van der Waals surface area contributed by atoms with Gasteiger partial charge in [-0.15, -0.1) is 0 Å². The number of aliphatic carboxylic acids is 1. The minimum Gasteiger partial charge on any atom is -0.479 e. The van der Waals surface area contributed by atoms with Crippen molar-refractivity contribution in [3.05, 3.63) is 0 Å². The monoisotopic (exact) mass is 326 g/mol. The maximum absolute atomic E-state index is 12.4. The van der Waals surface area contributed by atoms with Gasteiger partial charge < -0.3 is 20.1 Å². The maximum Gasteiger partial charge on any atom is 0.334 e. The molecule has 23 heavy (non-hydrogen) atoms. The molecule has 2 amide bonds. The van der Waals surface area contributed by atoms with Gasteiger partial charge >= 0.3 is 5.97 Å². The summed E-state index contributed by atoms with van der Waals surface area (Å²) in [5.74, 6) is -1.00. The molecule has 7 nitrogen and oxygen atoms in total. The van der Waals surface area contributed by atoms with Gasteiger partial charge in [0.2, 0.25) is 11.8 Å². The van der Waals surface area contributed by atoms with Crippen LogP contribution in [0, 0.1) is 5.92 Å². The highest BCUT2D eigenvalue weighted by Gasteiger charge is 2.31. The van der Waals surface area contributed by atoms with E-state index < -0.39 is 18.1 Å². The summed E-state index contributed by atoms with van der Waals surface area (Å²) in [6.07, 6.45) is 5.25. The van der Waals surface area contributed by atoms with E-state index in [1.165, 1.54) is 24.2 Å². The molecule has 130 valence electrons. The van der Waals surface area contributed by atoms with Crippen LogP contribution >= 0.6 is 0 Å². The number of ether oxygens (including phenoxy) is 1. The standard InChI is InChI=1S/C16H26N2O5/c1-11(17-14(19)9-12-5-3-2-4-6-12)15(20)18-7-8-23-13(10-18)16(21)22/h11-13H,2-10H2,1H3,(H,17,19)(H,21,22). The molecule has 1 saturated carbocycles. The quantitative estimate of drug-likeness (QED) is 0.778. The smallest absolute Gasteiger partial charge is 0.334 e. The Balaban J connectivity index is 1.79. The number of hydrogen-bond acceptors (Lipinski definition) is 4. The summed E-state index contributed by atoms with van der Waals surface area (Å²) in [5.41, 5.74) is 0. The third-order valence-electron chi connectivity index (χ3n) is 4.60. The van der Waals surface area contributed by atoms with Crippen LogP contribution in [0.25, 0.3) is 0 Å². The Kier molecular flexibility index (Phi) is 6.38. The second-order valence-corrected chi connectivity index (χ2v) is 6.48. The van der Waals surface area contributed by atoms with E-state index in [0.29, 0.717) is 18.9 Å². The van der Waals surface area contributed by atoms with Crippen molar-refractivity contribution in [3.63, 3.8) is 0 Å². The fourth-order valence-corrected chi connectivity index (χ4v) is 3.29. The number of carboxylic acid groups (broad SMARTS) is 1. The Morgan fingerprint density at radius 3 is 2.61 bits per heavy atom. The number of carbonyl (C=O) groups is 3. The van der Waals surface area contributed by atoms with Crippen molar-refractivity contribution in [3.8, 4) is 0 Å². The minimum atomic E-state index is -1.07. The molecule has 1 aliphatic heterocycles. The first-order valence-electron chi connectivity index (χ1n) is 8.40. The van der Waals surface area contributed by atoms with Crippen LogP contribution in [0.15, 0.2) is 0 Å². The summed E-state index contributed by atoms with van der Waals surface area (Å²) in [5, 5.41) is 11.7. The van der Waals surface area contributed by atoms with Crippen molar-refractivity contribution < 1.29 is 24.2 Å². The van der Waals surface area contributed by atoms with Gasteiger partial charge in [-0.3, -0.25) is 9.59 Å². The largest absolute Gasteiger partial charge is 0.479 e. The van der Waals surface area contributed by atoms with Crippen LogP contribution in [0.5, 0.6) is 0 Å². The molecule has 1 heterocycles. The average Bonchev–Trinajstić information content (AvgIpc) is 2.55. The number of rotatable bonds is 5. The van der Waals surface area contributed by atoms with E-state index in [4.69, 9.17) is 9.84 Å². The molecule has 7 heteroatoms. The summed E-state index contributed by atoms with van der Waals surface area (Å²) in [6, 6.07) is -0.640. The highest BCUT2D eigenvalue weighted by Crippen LogP contribution is 2.26. The number of carboxylic acids is 1. The number of nitrogens with zero attached hydrogens (tertiary/aromatic N) is 1. The summed E-state index contributed by atoms with van der Waals surface area (Å²) in [7, 11) is 0. The number of hydrogen-bond donors (Lipinski definition) is 2. The van der Waals surface area contributed by atoms with Crippen LogP contribution < -0.4 is 5.32 Å². The third kappa shape index (κ3) is 5.20. The van der Waals surface area contributed by atoms with E-state index in [2.05, 4.69) is 5.32 Å². The van der Waals surface area contributed by atoms with Crippen LogP contribution in [-0.4, -0.2) is 59.6 Å². The molecular weight excluding hydrogens is 300 g/mol. The van der Waals surface area contributed by atoms with Gasteiger partial charge in [-0.25, -0.2) is 4.79 Å². The lowest BCUT2D eigenvalue weighted by molar-refractivity contribution is -0.160. The van der Waals surface area contributed by atoms with Gasteiger partial charge in [0, 0.05) is 13.0 Å². The van der Waals surface area contributed by atoms with Crippen molar-refractivity contribution >= 4 is 17.8 Å². The molecule has 0 aromatic carbocycles. The minimum absolute atomic E-state index is 0.0248. The molecular formula is C16H26N2O5. The second kappa shape index (κ2) is 8.29. The molecule has 1 saturated heterocycles. The molecule has 1 aliphatic carbocycles. The van der Waals surface area contributed by atoms with E-state index in [1.807, 2.05) is 0 Å². The van der Waals surface area contributed by atoms with Gasteiger partial charge in [0.05, 0.1) is 13.2 Å². The van der Waals surface area contributed by atoms with Gasteiger partial charge in [-0.1, -0.05) is 19.3 Å². The van der Waals surface area contributed by atoms with E-state index >= 15 is 0 Å². The molecule has 2 rings (SSSR count). The van der Waals surface area contributed by atoms with Gasteiger partial charge in [-0.2, -0.15) is 0 Å². The molecule has 2 unspecified atom stereocenters. The summed E-state index contributed by atoms with van der Waals surface area (Å²) >= 11 is 0. The molecule has 0 aromatic heterocycles. The van der Waals surface area contributed by atoms with Crippen LogP contribution in [0.4, 0.5) is 0 Å². The molecule has 2 N–H and O–H groups in total. The lowest BCUT2D eigenvalue weighted by Gasteiger charge is -2.32. The Morgan fingerprint density at radius 1 is 1.26 bits per heavy atom. The summed E-state index contributed by atoms with van der Waals surface area (Å²) < 4.78 is 5.10. The van der Waals surface area contributed by atoms with Crippen molar-refractivity contribution in [1.29, 1.82) is 0 Å². The van der Waals surface area contributed by atoms with Gasteiger partial charge in [0.15, 0.2) is 6.10 Å². The summed E-state index contributed by atoms with van der Waals surface area (Å²) in [6.45, 7) is 2.22. The number of carbonyl (C=O) groups excluding carboxylic acids is 2. The molecule has 0 aromatic rings. The lowest BCUT2D eigenvalue weighted by atomic mass is 9.87. The zero-order chi connectivity index (χ0) is 16.8. The Morgan fingerprint density at radius 2 is 1.96 bits per heavy atom. The number of amides is 2. The first-order chi connectivity index (χ1) is 11.0. The Bertz CT molecular complexity index is 448. The van der Waals surface area contributed by atoms with Gasteiger partial charge in [-0.05, 0) is 25.7 Å². The maximum atomic E-state index is 12.4. The van der Waals surface area contributed by atoms with Crippen molar-refractivity contribution in [2.45, 2.75) is 57.6 Å². The zero-order valence-electron chi connectivity index (χ0n) is 13.6. The predicted octanol–water partition coefficient (Wildman–Crippen LogP) is 0.774. The molecule has 2 fully saturated rings. The first-order valence-corrected chi connectivity index (χ1v) is 8.40. The van der Waals surface area contributed by atoms with E-state index in [9.17, 15) is 14.4 Å². The van der Waals surface area contributed by atoms with Crippen molar-refractivity contribution in [1.82, 2.24) is 10.2 Å². The van der Waals surface area contributed by atoms with E-state index in [0.717, 1.165) is 12.8 Å². The second-order valence-electron chi connectivity index (χ2n) is 6.48. The number of nitrogens with one attached hydrogen (secondary N) is 1. The Labute approximate surface area is 136 Å². The highest BCUT2D eigenvalue weighted by atomic mass is 16.5. The summed E-state index contributed by atoms with van der Waals surface area (Å²) in [4.78, 5) is 36.8. The molecule has 0 bridgehead atoms.